The number of nitrogens with zero attached hydrogens (tertiary/aromatic N) is 6. The van der Waals surface area contributed by atoms with Gasteiger partial charge in [0.1, 0.15) is 16.6 Å². The number of hydrogen-bond acceptors (Lipinski definition) is 4. The van der Waals surface area contributed by atoms with Crippen molar-refractivity contribution >= 4 is 44.3 Å². The zero-order valence-electron chi connectivity index (χ0n) is 16.9. The van der Waals surface area contributed by atoms with E-state index in [1.165, 1.54) is 0 Å². The van der Waals surface area contributed by atoms with Crippen molar-refractivity contribution in [1.29, 1.82) is 0 Å². The van der Waals surface area contributed by atoms with E-state index < -0.39 is 0 Å². The maximum absolute atomic E-state index is 5.20. The van der Waals surface area contributed by atoms with Crippen LogP contribution in [-0.2, 0) is 0 Å². The first-order valence-corrected chi connectivity index (χ1v) is 10.4. The van der Waals surface area contributed by atoms with E-state index in [4.69, 9.17) is 9.97 Å². The topological polar surface area (TPSA) is 61.4 Å². The highest BCUT2D eigenvalue weighted by atomic mass is 15.1. The lowest BCUT2D eigenvalue weighted by molar-refractivity contribution is 1.09. The molecule has 0 unspecified atom stereocenters. The Balaban J connectivity index is 1.71. The first kappa shape index (κ1) is 17.1. The van der Waals surface area contributed by atoms with Gasteiger partial charge in [0.25, 0.3) is 0 Å². The number of hydrogen-bond donors (Lipinski definition) is 0. The van der Waals surface area contributed by atoms with Crippen LogP contribution in [0.4, 0.5) is 0 Å². The van der Waals surface area contributed by atoms with E-state index in [0.29, 0.717) is 0 Å². The fourth-order valence-corrected chi connectivity index (χ4v) is 4.51. The summed E-state index contributed by atoms with van der Waals surface area (Å²) in [4.78, 5) is 19.3. The Morgan fingerprint density at radius 1 is 0.531 bits per heavy atom. The molecule has 7 aromatic rings. The van der Waals surface area contributed by atoms with Gasteiger partial charge in [0.05, 0.1) is 22.9 Å². The molecule has 0 aliphatic heterocycles. The number of benzene rings is 2. The highest BCUT2D eigenvalue weighted by molar-refractivity contribution is 6.11. The van der Waals surface area contributed by atoms with Crippen LogP contribution in [0.1, 0.15) is 0 Å². The maximum atomic E-state index is 5.20. The SMILES string of the molecule is c1ccc(-n2c3ccccc3c3nc4c5ncccc5n(-c5cccnc5)c4nc32)cc1. The molecule has 0 N–H and O–H groups in total. The second kappa shape index (κ2) is 6.46. The molecule has 0 spiro atoms. The standard InChI is InChI=1S/C26H16N6/c1-2-8-17(9-3-1)31-20-12-5-4-11-19(20)22-25(31)30-26-24(29-22)23-21(13-7-15-28-23)32(26)18-10-6-14-27-16-18/h1-16H. The van der Waals surface area contributed by atoms with Gasteiger partial charge in [-0.3, -0.25) is 19.1 Å². The summed E-state index contributed by atoms with van der Waals surface area (Å²) in [5.41, 5.74) is 8.08. The molecule has 0 atom stereocenters. The van der Waals surface area contributed by atoms with E-state index in [1.807, 2.05) is 60.8 Å². The molecule has 5 aromatic heterocycles. The van der Waals surface area contributed by atoms with Crippen LogP contribution in [0.5, 0.6) is 0 Å². The van der Waals surface area contributed by atoms with Gasteiger partial charge in [-0.2, -0.15) is 0 Å². The monoisotopic (exact) mass is 412 g/mol. The Bertz CT molecular complexity index is 1640. The molecular weight excluding hydrogens is 396 g/mol. The van der Waals surface area contributed by atoms with Crippen LogP contribution in [-0.4, -0.2) is 29.1 Å². The third kappa shape index (κ3) is 2.29. The normalized spacial score (nSPS) is 11.8. The number of aromatic nitrogens is 6. The smallest absolute Gasteiger partial charge is 0.168 e. The van der Waals surface area contributed by atoms with Gasteiger partial charge in [0, 0.05) is 23.5 Å². The fourth-order valence-electron chi connectivity index (χ4n) is 4.51. The van der Waals surface area contributed by atoms with Crippen LogP contribution in [0, 0.1) is 0 Å². The Labute approximate surface area is 182 Å². The molecule has 6 nitrogen and oxygen atoms in total. The van der Waals surface area contributed by atoms with Crippen LogP contribution < -0.4 is 0 Å². The lowest BCUT2D eigenvalue weighted by atomic mass is 10.2. The van der Waals surface area contributed by atoms with E-state index in [0.717, 1.165) is 55.6 Å². The van der Waals surface area contributed by atoms with Crippen molar-refractivity contribution in [3.63, 3.8) is 0 Å². The van der Waals surface area contributed by atoms with Gasteiger partial charge >= 0.3 is 0 Å². The highest BCUT2D eigenvalue weighted by Gasteiger charge is 2.21. The molecule has 7 rings (SSSR count). The molecule has 0 aliphatic rings. The minimum Gasteiger partial charge on any atom is -0.292 e. The van der Waals surface area contributed by atoms with Gasteiger partial charge in [-0.25, -0.2) is 9.97 Å². The first-order chi connectivity index (χ1) is 15.9. The van der Waals surface area contributed by atoms with Crippen LogP contribution >= 0.6 is 0 Å². The Kier molecular flexibility index (Phi) is 3.46. The van der Waals surface area contributed by atoms with Gasteiger partial charge in [0.15, 0.2) is 11.3 Å². The average Bonchev–Trinajstić information content (AvgIpc) is 3.36. The summed E-state index contributed by atoms with van der Waals surface area (Å²) in [7, 11) is 0. The first-order valence-electron chi connectivity index (χ1n) is 10.4. The average molecular weight is 412 g/mol. The van der Waals surface area contributed by atoms with E-state index in [-0.39, 0.29) is 0 Å². The molecule has 6 heteroatoms. The summed E-state index contributed by atoms with van der Waals surface area (Å²) in [5, 5.41) is 1.07. The van der Waals surface area contributed by atoms with Crippen LogP contribution in [0.2, 0.25) is 0 Å². The molecule has 0 aliphatic carbocycles. The number of fused-ring (bicyclic) bond motifs is 6. The zero-order valence-corrected chi connectivity index (χ0v) is 16.9. The summed E-state index contributed by atoms with van der Waals surface area (Å²) >= 11 is 0. The molecule has 5 heterocycles. The largest absolute Gasteiger partial charge is 0.292 e. The van der Waals surface area contributed by atoms with Crippen molar-refractivity contribution in [3.05, 3.63) is 97.5 Å². The van der Waals surface area contributed by atoms with Crippen LogP contribution in [0.15, 0.2) is 97.5 Å². The summed E-state index contributed by atoms with van der Waals surface area (Å²) in [6.45, 7) is 0. The quantitative estimate of drug-likeness (QED) is 0.378. The van der Waals surface area contributed by atoms with Gasteiger partial charge < -0.3 is 0 Å². The van der Waals surface area contributed by atoms with Gasteiger partial charge in [-0.1, -0.05) is 36.4 Å². The molecule has 0 fully saturated rings. The minimum atomic E-state index is 0.763. The fraction of sp³-hybridized carbons (Fsp3) is 0. The maximum Gasteiger partial charge on any atom is 0.168 e. The minimum absolute atomic E-state index is 0.763. The third-order valence-corrected chi connectivity index (χ3v) is 5.85. The Morgan fingerprint density at radius 3 is 2.12 bits per heavy atom. The van der Waals surface area contributed by atoms with E-state index in [1.54, 1.807) is 12.4 Å². The molecular formula is C26H16N6. The van der Waals surface area contributed by atoms with E-state index >= 15 is 0 Å². The van der Waals surface area contributed by atoms with Crippen molar-refractivity contribution in [2.24, 2.45) is 0 Å². The molecule has 150 valence electrons. The van der Waals surface area contributed by atoms with Gasteiger partial charge in [0.2, 0.25) is 0 Å². The van der Waals surface area contributed by atoms with Crippen LogP contribution in [0.25, 0.3) is 55.6 Å². The second-order valence-electron chi connectivity index (χ2n) is 7.67. The summed E-state index contributed by atoms with van der Waals surface area (Å²) in [5.74, 6) is 0. The zero-order chi connectivity index (χ0) is 21.1. The predicted octanol–water partition coefficient (Wildman–Crippen LogP) is 5.46. The van der Waals surface area contributed by atoms with Crippen LogP contribution in [0.3, 0.4) is 0 Å². The van der Waals surface area contributed by atoms with Crippen molar-refractivity contribution in [2.45, 2.75) is 0 Å². The molecule has 0 amide bonds. The molecule has 0 saturated heterocycles. The highest BCUT2D eigenvalue weighted by Crippen LogP contribution is 2.34. The Morgan fingerprint density at radius 2 is 1.25 bits per heavy atom. The molecule has 2 aromatic carbocycles. The predicted molar refractivity (Wildman–Crippen MR) is 126 cm³/mol. The summed E-state index contributed by atoms with van der Waals surface area (Å²) in [6.07, 6.45) is 5.41. The second-order valence-corrected chi connectivity index (χ2v) is 7.67. The molecule has 0 saturated carbocycles. The third-order valence-electron chi connectivity index (χ3n) is 5.85. The summed E-state index contributed by atoms with van der Waals surface area (Å²) < 4.78 is 4.26. The van der Waals surface area contributed by atoms with Crippen molar-refractivity contribution in [2.75, 3.05) is 0 Å². The number of rotatable bonds is 2. The molecule has 0 bridgehead atoms. The van der Waals surface area contributed by atoms with Crippen molar-refractivity contribution in [3.8, 4) is 11.4 Å². The summed E-state index contributed by atoms with van der Waals surface area (Å²) in [6, 6.07) is 26.5. The number of pyridine rings is 2. The lowest BCUT2D eigenvalue weighted by Gasteiger charge is -2.08. The van der Waals surface area contributed by atoms with Crippen molar-refractivity contribution < 1.29 is 0 Å². The Hall–Kier alpha value is -4.58. The van der Waals surface area contributed by atoms with Crippen molar-refractivity contribution in [1.82, 2.24) is 29.1 Å². The molecule has 0 radical (unpaired) electrons. The number of para-hydroxylation sites is 2. The van der Waals surface area contributed by atoms with E-state index in [9.17, 15) is 0 Å². The van der Waals surface area contributed by atoms with E-state index in [2.05, 4.69) is 43.4 Å². The lowest BCUT2D eigenvalue weighted by Crippen LogP contribution is -1.99. The van der Waals surface area contributed by atoms with Gasteiger partial charge in [-0.05, 0) is 42.5 Å². The molecule has 32 heavy (non-hydrogen) atoms. The van der Waals surface area contributed by atoms with Gasteiger partial charge in [-0.15, -0.1) is 0 Å².